The molecule has 0 unspecified atom stereocenters. The third kappa shape index (κ3) is 6.38. The average Bonchev–Trinajstić information content (AvgIpc) is 3.55. The van der Waals surface area contributed by atoms with Crippen LogP contribution in [0.25, 0.3) is 10.4 Å². The summed E-state index contributed by atoms with van der Waals surface area (Å²) in [6, 6.07) is 16.4. The van der Waals surface area contributed by atoms with Crippen molar-refractivity contribution in [2.45, 2.75) is 37.5 Å². The molecule has 1 aromatic heterocycles. The number of carbonyl (C=O) groups is 3. The van der Waals surface area contributed by atoms with Gasteiger partial charge in [-0.15, -0.1) is 11.3 Å². The van der Waals surface area contributed by atoms with E-state index in [9.17, 15) is 19.5 Å². The van der Waals surface area contributed by atoms with Crippen LogP contribution in [0.3, 0.4) is 0 Å². The summed E-state index contributed by atoms with van der Waals surface area (Å²) in [6.45, 7) is 0.469. The molecule has 0 spiro atoms. The molecule has 3 atom stereocenters. The van der Waals surface area contributed by atoms with E-state index < -0.39 is 12.1 Å². The van der Waals surface area contributed by atoms with Crippen LogP contribution in [0.2, 0.25) is 0 Å². The quantitative estimate of drug-likeness (QED) is 0.482. The molecule has 5 rings (SSSR count). The zero-order chi connectivity index (χ0) is 24.4. The number of ether oxygens (including phenoxy) is 1. The maximum Gasteiger partial charge on any atom is 0.251 e. The topological polar surface area (TPSA) is 95.9 Å². The lowest BCUT2D eigenvalue weighted by molar-refractivity contribution is -0.142. The lowest BCUT2D eigenvalue weighted by atomic mass is 9.95. The van der Waals surface area contributed by atoms with Crippen LogP contribution in [0.4, 0.5) is 0 Å². The molecular weight excluding hydrogens is 529 g/mol. The minimum atomic E-state index is -0.865. The van der Waals surface area contributed by atoms with Crippen molar-refractivity contribution in [1.82, 2.24) is 10.2 Å². The van der Waals surface area contributed by atoms with Crippen LogP contribution in [-0.2, 0) is 20.7 Å². The third-order valence-electron chi connectivity index (χ3n) is 6.56. The fourth-order valence-electron chi connectivity index (χ4n) is 4.78. The molecule has 3 heterocycles. The number of aromatic hydroxyl groups is 1. The van der Waals surface area contributed by atoms with Gasteiger partial charge >= 0.3 is 0 Å². The van der Waals surface area contributed by atoms with Crippen molar-refractivity contribution < 1.29 is 24.2 Å². The molecular formula is C27H30N2O5S3. The number of carbonyl (C=O) groups excluding carboxylic acids is 3. The number of hydrogen-bond donors (Lipinski definition) is 2. The number of rotatable bonds is 6. The van der Waals surface area contributed by atoms with E-state index in [0.29, 0.717) is 12.1 Å². The minimum absolute atomic E-state index is 0. The van der Waals surface area contributed by atoms with Gasteiger partial charge in [-0.3, -0.25) is 14.4 Å². The number of hydrogen-bond acceptors (Lipinski definition) is 6. The van der Waals surface area contributed by atoms with Crippen molar-refractivity contribution >= 4 is 55.9 Å². The molecule has 0 bridgehead atoms. The van der Waals surface area contributed by atoms with E-state index in [4.69, 9.17) is 4.74 Å². The van der Waals surface area contributed by atoms with E-state index >= 15 is 0 Å². The first-order chi connectivity index (χ1) is 17.0. The van der Waals surface area contributed by atoms with Crippen LogP contribution < -0.4 is 5.32 Å². The van der Waals surface area contributed by atoms with Gasteiger partial charge < -0.3 is 20.1 Å². The van der Waals surface area contributed by atoms with Crippen molar-refractivity contribution in [3.05, 3.63) is 77.2 Å². The third-order valence-corrected chi connectivity index (χ3v) is 7.48. The molecule has 37 heavy (non-hydrogen) atoms. The number of phenols is 1. The number of piperidine rings is 1. The zero-order valence-electron chi connectivity index (χ0n) is 20.1. The van der Waals surface area contributed by atoms with Crippen LogP contribution in [-0.4, -0.2) is 58.9 Å². The van der Waals surface area contributed by atoms with Gasteiger partial charge in [0.15, 0.2) is 5.78 Å². The molecule has 0 radical (unpaired) electrons. The number of phenolic OH excluding ortho intramolecular Hbond substituents is 1. The zero-order valence-corrected chi connectivity index (χ0v) is 22.9. The maximum atomic E-state index is 13.7. The molecule has 2 aliphatic heterocycles. The molecule has 2 aromatic carbocycles. The van der Waals surface area contributed by atoms with Gasteiger partial charge in [0, 0.05) is 23.4 Å². The summed E-state index contributed by atoms with van der Waals surface area (Å²) in [5, 5.41) is 14.5. The summed E-state index contributed by atoms with van der Waals surface area (Å²) in [5.41, 5.74) is 2.26. The summed E-state index contributed by atoms with van der Waals surface area (Å²) >= 11 is 1.62. The molecule has 2 saturated heterocycles. The minimum Gasteiger partial charge on any atom is -0.508 e. The molecule has 196 valence electrons. The highest BCUT2D eigenvalue weighted by Gasteiger charge is 2.45. The fraction of sp³-hybridized carbons (Fsp3) is 0.296. The highest BCUT2D eigenvalue weighted by molar-refractivity contribution is 7.59. The van der Waals surface area contributed by atoms with Gasteiger partial charge in [-0.2, -0.15) is 27.0 Å². The molecule has 7 nitrogen and oxygen atoms in total. The Kier molecular flexibility index (Phi) is 9.83. The molecule has 0 saturated carbocycles. The number of likely N-dealkylation sites (tertiary alicyclic amines) is 1. The van der Waals surface area contributed by atoms with Crippen molar-refractivity contribution in [1.29, 1.82) is 0 Å². The number of ketones is 1. The Labute approximate surface area is 233 Å². The SMILES string of the molecule is O=C(N[C@@H](Cc1ccc(O)cc1)C(=O)N1CCC[C@H]2OCC(=O)[C@H]21)c1ccc(-c2cccs2)cc1.S.S. The van der Waals surface area contributed by atoms with Crippen molar-refractivity contribution in [2.24, 2.45) is 0 Å². The van der Waals surface area contributed by atoms with Crippen molar-refractivity contribution in [3.63, 3.8) is 0 Å². The Morgan fingerprint density at radius 3 is 2.49 bits per heavy atom. The van der Waals surface area contributed by atoms with Crippen LogP contribution >= 0.6 is 38.3 Å². The van der Waals surface area contributed by atoms with Crippen LogP contribution in [0, 0.1) is 0 Å². The standard InChI is InChI=1S/C27H26N2O5S.2H2S/c30-20-11-5-17(6-12-20)15-21(27(33)29-13-1-3-23-25(29)22(31)16-34-23)28-26(32)19-9-7-18(8-10-19)24-4-2-14-35-24;;/h2,4-12,14,21,23,25,30H,1,3,13,15-16H2,(H,28,32);2*1H2/t21-,23+,25+;;/m0../s1. The fourth-order valence-corrected chi connectivity index (χ4v) is 5.51. The number of nitrogens with zero attached hydrogens (tertiary/aromatic N) is 1. The average molecular weight is 559 g/mol. The lowest BCUT2D eigenvalue weighted by Gasteiger charge is -2.37. The Balaban J connectivity index is 0.00000190. The van der Waals surface area contributed by atoms with Gasteiger partial charge in [0.1, 0.15) is 24.4 Å². The molecule has 0 aliphatic carbocycles. The van der Waals surface area contributed by atoms with Crippen molar-refractivity contribution in [3.8, 4) is 16.2 Å². The maximum absolute atomic E-state index is 13.7. The first kappa shape index (κ1) is 28.8. The number of amides is 2. The van der Waals surface area contributed by atoms with E-state index in [-0.39, 0.29) is 69.5 Å². The summed E-state index contributed by atoms with van der Waals surface area (Å²) in [7, 11) is 0. The number of thiophene rings is 1. The second kappa shape index (κ2) is 12.6. The van der Waals surface area contributed by atoms with E-state index in [1.54, 1.807) is 52.6 Å². The summed E-state index contributed by atoms with van der Waals surface area (Å²) in [6.07, 6.45) is 1.44. The Morgan fingerprint density at radius 1 is 1.08 bits per heavy atom. The Bertz CT molecular complexity index is 1220. The lowest BCUT2D eigenvalue weighted by Crippen LogP contribution is -2.58. The predicted molar refractivity (Wildman–Crippen MR) is 153 cm³/mol. The second-order valence-corrected chi connectivity index (χ2v) is 9.83. The second-order valence-electron chi connectivity index (χ2n) is 8.89. The largest absolute Gasteiger partial charge is 0.508 e. The van der Waals surface area contributed by atoms with Gasteiger partial charge in [0.05, 0.1) is 6.10 Å². The number of nitrogens with one attached hydrogen (secondary N) is 1. The summed E-state index contributed by atoms with van der Waals surface area (Å²) in [4.78, 5) is 42.0. The van der Waals surface area contributed by atoms with E-state index in [2.05, 4.69) is 5.32 Å². The van der Waals surface area contributed by atoms with Crippen molar-refractivity contribution in [2.75, 3.05) is 13.2 Å². The molecule has 10 heteroatoms. The Hall–Kier alpha value is -2.79. The predicted octanol–water partition coefficient (Wildman–Crippen LogP) is 3.65. The van der Waals surface area contributed by atoms with Gasteiger partial charge in [-0.05, 0) is 59.7 Å². The number of fused-ring (bicyclic) bond motifs is 1. The molecule has 2 fully saturated rings. The normalized spacial score (nSPS) is 19.2. The van der Waals surface area contributed by atoms with Crippen LogP contribution in [0.5, 0.6) is 5.75 Å². The molecule has 2 aliphatic rings. The van der Waals surface area contributed by atoms with E-state index in [0.717, 1.165) is 28.8 Å². The van der Waals surface area contributed by atoms with Gasteiger partial charge in [0.2, 0.25) is 5.91 Å². The Morgan fingerprint density at radius 2 is 1.81 bits per heavy atom. The number of benzene rings is 2. The van der Waals surface area contributed by atoms with Crippen LogP contribution in [0.15, 0.2) is 66.0 Å². The van der Waals surface area contributed by atoms with Gasteiger partial charge in [0.25, 0.3) is 5.91 Å². The highest BCUT2D eigenvalue weighted by Crippen LogP contribution is 2.28. The first-order valence-corrected chi connectivity index (χ1v) is 12.5. The van der Waals surface area contributed by atoms with Gasteiger partial charge in [-0.1, -0.05) is 30.3 Å². The first-order valence-electron chi connectivity index (χ1n) is 11.7. The molecule has 2 N–H and O–H groups in total. The van der Waals surface area contributed by atoms with Crippen LogP contribution in [0.1, 0.15) is 28.8 Å². The van der Waals surface area contributed by atoms with E-state index in [1.807, 2.05) is 29.6 Å². The molecule has 3 aromatic rings. The number of Topliss-reactive ketones (excluding diaryl/α,β-unsaturated/α-hetero) is 1. The summed E-state index contributed by atoms with van der Waals surface area (Å²) in [5.74, 6) is -0.626. The summed E-state index contributed by atoms with van der Waals surface area (Å²) < 4.78 is 5.60. The van der Waals surface area contributed by atoms with E-state index in [1.165, 1.54) is 0 Å². The smallest absolute Gasteiger partial charge is 0.251 e. The van der Waals surface area contributed by atoms with Gasteiger partial charge in [-0.25, -0.2) is 0 Å². The molecule has 2 amide bonds. The highest BCUT2D eigenvalue weighted by atomic mass is 32.1. The monoisotopic (exact) mass is 558 g/mol.